The molecule has 1 aliphatic carbocycles. The van der Waals surface area contributed by atoms with Crippen LogP contribution in [0.1, 0.15) is 38.4 Å². The summed E-state index contributed by atoms with van der Waals surface area (Å²) in [6.45, 7) is 4.37. The molecule has 0 saturated carbocycles. The van der Waals surface area contributed by atoms with Gasteiger partial charge >= 0.3 is 0 Å². The monoisotopic (exact) mass is 246 g/mol. The second kappa shape index (κ2) is 5.57. The molecule has 2 nitrogen and oxygen atoms in total. The Kier molecular flexibility index (Phi) is 4.07. The van der Waals surface area contributed by atoms with E-state index in [-0.39, 0.29) is 0 Å². The highest BCUT2D eigenvalue weighted by Crippen LogP contribution is 2.37. The van der Waals surface area contributed by atoms with Crippen LogP contribution in [-0.2, 0) is 0 Å². The highest BCUT2D eigenvalue weighted by atomic mass is 16.5. The Hall–Kier alpha value is -1.28. The average Bonchev–Trinajstić information content (AvgIpc) is 2.37. The van der Waals surface area contributed by atoms with Gasteiger partial charge in [0, 0.05) is 0 Å². The molecule has 18 heavy (non-hydrogen) atoms. The van der Waals surface area contributed by atoms with Gasteiger partial charge in [0.15, 0.2) is 0 Å². The van der Waals surface area contributed by atoms with Gasteiger partial charge in [0.1, 0.15) is 5.75 Å². The fourth-order valence-electron chi connectivity index (χ4n) is 2.93. The van der Waals surface area contributed by atoms with Crippen LogP contribution in [0.3, 0.4) is 0 Å². The Morgan fingerprint density at radius 2 is 2.17 bits per heavy atom. The second-order valence-corrected chi connectivity index (χ2v) is 5.41. The van der Waals surface area contributed by atoms with Crippen LogP contribution in [0.2, 0.25) is 0 Å². The van der Waals surface area contributed by atoms with Crippen molar-refractivity contribution >= 4 is 0 Å². The zero-order valence-electron chi connectivity index (χ0n) is 11.4. The minimum Gasteiger partial charge on any atom is -0.497 e. The van der Waals surface area contributed by atoms with E-state index in [0.717, 1.165) is 24.2 Å². The van der Waals surface area contributed by atoms with E-state index in [4.69, 9.17) is 4.74 Å². The smallest absolute Gasteiger partial charge is 0.119 e. The summed E-state index contributed by atoms with van der Waals surface area (Å²) in [6, 6.07) is 7.76. The molecule has 3 unspecified atom stereocenters. The Morgan fingerprint density at radius 1 is 1.39 bits per heavy atom. The van der Waals surface area contributed by atoms with E-state index in [1.165, 1.54) is 5.57 Å². The number of aliphatic hydroxyl groups excluding tert-OH is 1. The molecule has 0 bridgehead atoms. The standard InChI is InChI=1S/C16H22O2/c1-11-7-12(2)9-14(8-11)16(17)13-5-4-6-15(10-13)18-3/h4-7,10-11,14,16-17H,8-9H2,1-3H3. The molecule has 1 aliphatic rings. The Labute approximate surface area is 109 Å². The van der Waals surface area contributed by atoms with Crippen molar-refractivity contribution in [1.29, 1.82) is 0 Å². The average molecular weight is 246 g/mol. The van der Waals surface area contributed by atoms with Crippen LogP contribution in [0.4, 0.5) is 0 Å². The lowest BCUT2D eigenvalue weighted by molar-refractivity contribution is 0.0930. The fraction of sp³-hybridized carbons (Fsp3) is 0.500. The first-order chi connectivity index (χ1) is 8.60. The van der Waals surface area contributed by atoms with Gasteiger partial charge in [-0.3, -0.25) is 0 Å². The first-order valence-electron chi connectivity index (χ1n) is 6.59. The quantitative estimate of drug-likeness (QED) is 0.824. The summed E-state index contributed by atoms with van der Waals surface area (Å²) in [4.78, 5) is 0. The van der Waals surface area contributed by atoms with Crippen molar-refractivity contribution in [3.63, 3.8) is 0 Å². The summed E-state index contributed by atoms with van der Waals surface area (Å²) in [7, 11) is 1.65. The largest absolute Gasteiger partial charge is 0.497 e. The summed E-state index contributed by atoms with van der Waals surface area (Å²) in [5.41, 5.74) is 2.35. The molecule has 0 saturated heterocycles. The zero-order valence-corrected chi connectivity index (χ0v) is 11.4. The van der Waals surface area contributed by atoms with Crippen LogP contribution in [0, 0.1) is 11.8 Å². The third-order valence-electron chi connectivity index (χ3n) is 3.71. The molecule has 0 radical (unpaired) electrons. The molecular weight excluding hydrogens is 224 g/mol. The van der Waals surface area contributed by atoms with Gasteiger partial charge in [-0.25, -0.2) is 0 Å². The van der Waals surface area contributed by atoms with E-state index >= 15 is 0 Å². The normalized spacial score (nSPS) is 25.4. The van der Waals surface area contributed by atoms with Crippen molar-refractivity contribution in [2.75, 3.05) is 7.11 Å². The number of rotatable bonds is 3. The molecule has 1 aromatic carbocycles. The molecule has 0 amide bonds. The molecule has 0 heterocycles. The molecule has 3 atom stereocenters. The predicted molar refractivity (Wildman–Crippen MR) is 73.6 cm³/mol. The molecule has 0 aliphatic heterocycles. The molecular formula is C16H22O2. The zero-order chi connectivity index (χ0) is 13.1. The summed E-state index contributed by atoms with van der Waals surface area (Å²) in [5.74, 6) is 1.68. The summed E-state index contributed by atoms with van der Waals surface area (Å²) in [5, 5.41) is 10.5. The number of hydrogen-bond acceptors (Lipinski definition) is 2. The van der Waals surface area contributed by atoms with E-state index in [1.807, 2.05) is 24.3 Å². The van der Waals surface area contributed by atoms with Gasteiger partial charge in [-0.05, 0) is 49.3 Å². The van der Waals surface area contributed by atoms with Gasteiger partial charge in [0.25, 0.3) is 0 Å². The van der Waals surface area contributed by atoms with Gasteiger partial charge in [0.05, 0.1) is 13.2 Å². The van der Waals surface area contributed by atoms with E-state index in [2.05, 4.69) is 19.9 Å². The molecule has 0 fully saturated rings. The van der Waals surface area contributed by atoms with E-state index in [0.29, 0.717) is 11.8 Å². The third-order valence-corrected chi connectivity index (χ3v) is 3.71. The number of hydrogen-bond donors (Lipinski definition) is 1. The van der Waals surface area contributed by atoms with Crippen LogP contribution < -0.4 is 4.74 Å². The first kappa shape index (κ1) is 13.2. The lowest BCUT2D eigenvalue weighted by Gasteiger charge is -2.29. The van der Waals surface area contributed by atoms with Crippen LogP contribution in [0.15, 0.2) is 35.9 Å². The number of ether oxygens (including phenoxy) is 1. The lowest BCUT2D eigenvalue weighted by atomic mass is 9.79. The topological polar surface area (TPSA) is 29.5 Å². The van der Waals surface area contributed by atoms with Gasteiger partial charge in [-0.15, -0.1) is 0 Å². The first-order valence-corrected chi connectivity index (χ1v) is 6.59. The maximum absolute atomic E-state index is 10.5. The van der Waals surface area contributed by atoms with Crippen LogP contribution >= 0.6 is 0 Å². The molecule has 0 aromatic heterocycles. The fourth-order valence-corrected chi connectivity index (χ4v) is 2.93. The number of aliphatic hydroxyl groups is 1. The number of methoxy groups -OCH3 is 1. The third kappa shape index (κ3) is 2.94. The summed E-state index contributed by atoms with van der Waals surface area (Å²) >= 11 is 0. The van der Waals surface area contributed by atoms with E-state index in [9.17, 15) is 5.11 Å². The minimum atomic E-state index is -0.397. The van der Waals surface area contributed by atoms with Crippen molar-refractivity contribution in [1.82, 2.24) is 0 Å². The molecule has 1 N–H and O–H groups in total. The number of allylic oxidation sites excluding steroid dienone is 2. The van der Waals surface area contributed by atoms with Crippen molar-refractivity contribution in [2.24, 2.45) is 11.8 Å². The highest BCUT2D eigenvalue weighted by molar-refractivity contribution is 5.30. The van der Waals surface area contributed by atoms with Crippen molar-refractivity contribution in [3.8, 4) is 5.75 Å². The molecule has 2 heteroatoms. The number of benzene rings is 1. The predicted octanol–water partition coefficient (Wildman–Crippen LogP) is 3.72. The van der Waals surface area contributed by atoms with Crippen LogP contribution in [0.5, 0.6) is 5.75 Å². The van der Waals surface area contributed by atoms with Crippen molar-refractivity contribution < 1.29 is 9.84 Å². The SMILES string of the molecule is COc1cccc(C(O)C2CC(C)=CC(C)C2)c1. The molecule has 98 valence electrons. The molecule has 0 spiro atoms. The summed E-state index contributed by atoms with van der Waals surface area (Å²) < 4.78 is 5.21. The Morgan fingerprint density at radius 3 is 2.83 bits per heavy atom. The van der Waals surface area contributed by atoms with Crippen LogP contribution in [-0.4, -0.2) is 12.2 Å². The Bertz CT molecular complexity index is 436. The molecule has 1 aromatic rings. The second-order valence-electron chi connectivity index (χ2n) is 5.41. The molecule has 2 rings (SSSR count). The van der Waals surface area contributed by atoms with Gasteiger partial charge in [0.2, 0.25) is 0 Å². The van der Waals surface area contributed by atoms with E-state index in [1.54, 1.807) is 7.11 Å². The maximum atomic E-state index is 10.5. The Balaban J connectivity index is 2.15. The van der Waals surface area contributed by atoms with Gasteiger partial charge in [-0.1, -0.05) is 30.7 Å². The van der Waals surface area contributed by atoms with Crippen molar-refractivity contribution in [3.05, 3.63) is 41.5 Å². The van der Waals surface area contributed by atoms with Crippen LogP contribution in [0.25, 0.3) is 0 Å². The highest BCUT2D eigenvalue weighted by Gasteiger charge is 2.26. The van der Waals surface area contributed by atoms with E-state index < -0.39 is 6.10 Å². The van der Waals surface area contributed by atoms with Gasteiger partial charge in [-0.2, -0.15) is 0 Å². The summed E-state index contributed by atoms with van der Waals surface area (Å²) in [6.07, 6.45) is 3.96. The maximum Gasteiger partial charge on any atom is 0.119 e. The van der Waals surface area contributed by atoms with Crippen molar-refractivity contribution in [2.45, 2.75) is 32.8 Å². The van der Waals surface area contributed by atoms with Gasteiger partial charge < -0.3 is 9.84 Å². The minimum absolute atomic E-state index is 0.317. The lowest BCUT2D eigenvalue weighted by Crippen LogP contribution is -2.19.